The van der Waals surface area contributed by atoms with Gasteiger partial charge in [0.25, 0.3) is 0 Å². The Morgan fingerprint density at radius 3 is 2.31 bits per heavy atom. The van der Waals surface area contributed by atoms with Crippen molar-refractivity contribution in [2.24, 2.45) is 16.3 Å². The number of allylic oxidation sites excluding steroid dienone is 1. The van der Waals surface area contributed by atoms with Crippen LogP contribution in [0.5, 0.6) is 5.88 Å². The van der Waals surface area contributed by atoms with Crippen molar-refractivity contribution in [2.45, 2.75) is 100 Å². The number of hydrogen-bond acceptors (Lipinski definition) is 6. The predicted molar refractivity (Wildman–Crippen MR) is 198 cm³/mol. The van der Waals surface area contributed by atoms with Gasteiger partial charge in [0.05, 0.1) is 37.1 Å². The molecule has 1 saturated carbocycles. The molecule has 0 bridgehead atoms. The molecule has 2 aliphatic heterocycles. The highest BCUT2D eigenvalue weighted by Crippen LogP contribution is 2.41. The first-order valence-electron chi connectivity index (χ1n) is 17.4. The van der Waals surface area contributed by atoms with E-state index in [1.165, 1.54) is 12.8 Å². The van der Waals surface area contributed by atoms with Crippen LogP contribution in [0.4, 0.5) is 17.1 Å². The molecule has 1 aromatic heterocycles. The Morgan fingerprint density at radius 1 is 1.12 bits per heavy atom. The summed E-state index contributed by atoms with van der Waals surface area (Å²) in [4.78, 5) is 37.8. The van der Waals surface area contributed by atoms with Gasteiger partial charge in [0.1, 0.15) is 18.1 Å². The number of carbonyl (C=O) groups excluding carboxylic acids is 1. The van der Waals surface area contributed by atoms with Crippen LogP contribution in [0.1, 0.15) is 98.1 Å². The first-order valence-corrected chi connectivity index (χ1v) is 17.4. The van der Waals surface area contributed by atoms with Crippen molar-refractivity contribution in [3.63, 3.8) is 0 Å². The number of nitrogens with zero attached hydrogens (tertiary/aromatic N) is 4. The van der Waals surface area contributed by atoms with Crippen LogP contribution >= 0.6 is 0 Å². The van der Waals surface area contributed by atoms with Crippen molar-refractivity contribution in [1.29, 1.82) is 0 Å². The van der Waals surface area contributed by atoms with Gasteiger partial charge in [-0.05, 0) is 61.8 Å². The number of fused-ring (bicyclic) bond motifs is 1. The van der Waals surface area contributed by atoms with E-state index in [-0.39, 0.29) is 18.2 Å². The number of ether oxygens (including phenoxy) is 1. The lowest BCUT2D eigenvalue weighted by molar-refractivity contribution is -0.136. The Balaban J connectivity index is 0.000000617. The van der Waals surface area contributed by atoms with Gasteiger partial charge >= 0.3 is 5.97 Å². The number of nitrogens with one attached hydrogen (secondary N) is 1. The highest BCUT2D eigenvalue weighted by molar-refractivity contribution is 5.98. The molecule has 1 aliphatic carbocycles. The summed E-state index contributed by atoms with van der Waals surface area (Å²) >= 11 is 0. The molecule has 1 amide bonds. The number of unbranched alkanes of at least 4 members (excludes halogenated alkanes) is 1. The van der Waals surface area contributed by atoms with E-state index < -0.39 is 5.97 Å². The fraction of sp³-hybridized carbons (Fsp3) is 0.538. The molecule has 0 unspecified atom stereocenters. The van der Waals surface area contributed by atoms with Gasteiger partial charge in [-0.2, -0.15) is 0 Å². The third-order valence-electron chi connectivity index (χ3n) is 8.18. The summed E-state index contributed by atoms with van der Waals surface area (Å²) in [6, 6.07) is 7.31. The molecular weight excluding hydrogens is 602 g/mol. The zero-order valence-electron chi connectivity index (χ0n) is 30.5. The Labute approximate surface area is 288 Å². The summed E-state index contributed by atoms with van der Waals surface area (Å²) in [5, 5.41) is 12.3. The second kappa shape index (κ2) is 17.9. The molecule has 9 nitrogen and oxygen atoms in total. The van der Waals surface area contributed by atoms with Crippen molar-refractivity contribution in [2.75, 3.05) is 41.4 Å². The van der Waals surface area contributed by atoms with Crippen LogP contribution in [0.15, 0.2) is 59.4 Å². The summed E-state index contributed by atoms with van der Waals surface area (Å²) < 4.78 is 5.84. The second-order valence-corrected chi connectivity index (χ2v) is 14.3. The van der Waals surface area contributed by atoms with Gasteiger partial charge in [0.2, 0.25) is 11.8 Å². The molecule has 0 saturated heterocycles. The van der Waals surface area contributed by atoms with Crippen LogP contribution in [-0.2, 0) is 16.0 Å². The van der Waals surface area contributed by atoms with Crippen molar-refractivity contribution in [3.05, 3.63) is 65.5 Å². The Hall–Kier alpha value is -4.14. The maximum Gasteiger partial charge on any atom is 0.307 e. The quantitative estimate of drug-likeness (QED) is 0.216. The van der Waals surface area contributed by atoms with Gasteiger partial charge in [-0.1, -0.05) is 85.6 Å². The Bertz CT molecular complexity index is 1460. The van der Waals surface area contributed by atoms with Crippen molar-refractivity contribution in [3.8, 4) is 5.88 Å². The van der Waals surface area contributed by atoms with E-state index in [1.54, 1.807) is 12.1 Å². The number of anilines is 3. The van der Waals surface area contributed by atoms with Gasteiger partial charge in [-0.15, -0.1) is 0 Å². The van der Waals surface area contributed by atoms with E-state index in [0.717, 1.165) is 77.5 Å². The molecule has 0 spiro atoms. The molecule has 48 heavy (non-hydrogen) atoms. The van der Waals surface area contributed by atoms with E-state index in [4.69, 9.17) is 14.8 Å². The lowest BCUT2D eigenvalue weighted by Crippen LogP contribution is -2.44. The molecule has 5 rings (SSSR count). The molecule has 2 N–H and O–H groups in total. The van der Waals surface area contributed by atoms with Crippen LogP contribution in [0.3, 0.4) is 0 Å². The first-order chi connectivity index (χ1) is 22.7. The van der Waals surface area contributed by atoms with Crippen LogP contribution in [0, 0.1) is 18.3 Å². The largest absolute Gasteiger partial charge is 0.481 e. The molecule has 3 aliphatic rings. The summed E-state index contributed by atoms with van der Waals surface area (Å²) in [5.41, 5.74) is 6.86. The molecule has 3 heterocycles. The lowest BCUT2D eigenvalue weighted by Gasteiger charge is -2.37. The Kier molecular flexibility index (Phi) is 14.2. The van der Waals surface area contributed by atoms with Crippen LogP contribution in [-0.4, -0.2) is 54.0 Å². The number of rotatable bonds is 8. The van der Waals surface area contributed by atoms with Crippen molar-refractivity contribution >= 4 is 34.8 Å². The molecule has 262 valence electrons. The van der Waals surface area contributed by atoms with E-state index >= 15 is 0 Å². The minimum absolute atomic E-state index is 0.00559. The number of aromatic nitrogens is 1. The summed E-state index contributed by atoms with van der Waals surface area (Å²) in [7, 11) is 0. The van der Waals surface area contributed by atoms with Crippen LogP contribution in [0.25, 0.3) is 0 Å². The molecule has 0 radical (unpaired) electrons. The second-order valence-electron chi connectivity index (χ2n) is 14.3. The van der Waals surface area contributed by atoms with E-state index in [2.05, 4.69) is 63.3 Å². The van der Waals surface area contributed by atoms with Crippen LogP contribution < -0.4 is 19.9 Å². The number of aliphatic carboxylic acids is 1. The third kappa shape index (κ3) is 11.2. The summed E-state index contributed by atoms with van der Waals surface area (Å²) in [5.74, 6) is 0.694. The van der Waals surface area contributed by atoms with Crippen molar-refractivity contribution in [1.82, 2.24) is 4.98 Å². The first kappa shape index (κ1) is 38.3. The number of carboxylic acid groups (broad SMARTS) is 1. The van der Waals surface area contributed by atoms with Gasteiger partial charge in [0.15, 0.2) is 0 Å². The minimum Gasteiger partial charge on any atom is -0.481 e. The number of amides is 1. The summed E-state index contributed by atoms with van der Waals surface area (Å²) in [6.45, 7) is 23.4. The standard InChI is InChI=1S/C30H35N5O4.C5H12.C4H10/c1-4-22-12-13-34(18-25(22)33-20(3)32-24-10-8-21(9-11-24)16-27(36)37)26-17-31-29-28(19(26)2)35(14-15-39-29)30(38)23-6-5-7-23;1-5(2,3)4;1-3-4-2/h4,8-11,17,23H,1,5-7,12-16,18H2,2-3H3,(H,32,33)(H,36,37);1-4H3;3-4H2,1-2H3. The molecule has 0 atom stereocenters. The highest BCUT2D eigenvalue weighted by Gasteiger charge is 2.35. The summed E-state index contributed by atoms with van der Waals surface area (Å²) in [6.07, 6.45) is 10.2. The van der Waals surface area contributed by atoms with Gasteiger partial charge in [0, 0.05) is 23.7 Å². The van der Waals surface area contributed by atoms with E-state index in [0.29, 0.717) is 31.0 Å². The average molecular weight is 660 g/mol. The van der Waals surface area contributed by atoms with Gasteiger partial charge in [-0.25, -0.2) is 9.98 Å². The predicted octanol–water partition coefficient (Wildman–Crippen LogP) is 8.58. The minimum atomic E-state index is -0.853. The third-order valence-corrected chi connectivity index (χ3v) is 8.18. The number of aliphatic imine (C=N–C) groups is 1. The van der Waals surface area contributed by atoms with Crippen molar-refractivity contribution < 1.29 is 19.4 Å². The molecule has 9 heteroatoms. The number of amidine groups is 1. The molecule has 1 aromatic carbocycles. The van der Waals surface area contributed by atoms with Gasteiger partial charge in [-0.3, -0.25) is 9.59 Å². The fourth-order valence-corrected chi connectivity index (χ4v) is 5.36. The zero-order valence-corrected chi connectivity index (χ0v) is 30.5. The lowest BCUT2D eigenvalue weighted by atomic mass is 9.84. The molecule has 1 fully saturated rings. The van der Waals surface area contributed by atoms with E-state index in [9.17, 15) is 9.59 Å². The average Bonchev–Trinajstić information content (AvgIpc) is 3.00. The topological polar surface area (TPSA) is 107 Å². The zero-order chi connectivity index (χ0) is 35.4. The van der Waals surface area contributed by atoms with E-state index in [1.807, 2.05) is 43.2 Å². The Morgan fingerprint density at radius 2 is 1.77 bits per heavy atom. The molecule has 2 aromatic rings. The maximum atomic E-state index is 13.2. The monoisotopic (exact) mass is 659 g/mol. The number of hydrogen-bond donors (Lipinski definition) is 2. The highest BCUT2D eigenvalue weighted by atomic mass is 16.5. The van der Waals surface area contributed by atoms with Crippen LogP contribution in [0.2, 0.25) is 0 Å². The number of pyridine rings is 1. The van der Waals surface area contributed by atoms with Gasteiger partial charge < -0.3 is 25.0 Å². The molecular formula is C39H57N5O4. The smallest absolute Gasteiger partial charge is 0.307 e. The number of carboxylic acids is 1. The number of carbonyl (C=O) groups is 2. The normalized spacial score (nSPS) is 16.3. The SMILES string of the molecule is C=CC1=C(N=C(C)Nc2ccc(CC(=O)O)cc2)CN(c2cnc3c(c2C)N(C(=O)C2CCC2)CCO3)CC1.CC(C)(C)C.CCCC. The number of benzene rings is 1. The maximum absolute atomic E-state index is 13.2. The fourth-order valence-electron chi connectivity index (χ4n) is 5.36.